The number of amides is 2. The van der Waals surface area contributed by atoms with Crippen LogP contribution in [0.5, 0.6) is 5.75 Å². The molecule has 21 heavy (non-hydrogen) atoms. The van der Waals surface area contributed by atoms with Crippen molar-refractivity contribution in [1.82, 2.24) is 10.2 Å². The molecule has 2 amide bonds. The van der Waals surface area contributed by atoms with Gasteiger partial charge in [0.15, 0.2) is 6.61 Å². The van der Waals surface area contributed by atoms with E-state index in [0.717, 1.165) is 6.07 Å². The topological polar surface area (TPSA) is 58.6 Å². The molecule has 114 valence electrons. The molecule has 1 aliphatic heterocycles. The van der Waals surface area contributed by atoms with Crippen LogP contribution in [0.4, 0.5) is 4.39 Å². The second kappa shape index (κ2) is 6.76. The van der Waals surface area contributed by atoms with E-state index in [1.807, 2.05) is 6.92 Å². The van der Waals surface area contributed by atoms with Crippen LogP contribution >= 0.6 is 11.6 Å². The Morgan fingerprint density at radius 1 is 1.57 bits per heavy atom. The van der Waals surface area contributed by atoms with Crippen molar-refractivity contribution in [3.63, 3.8) is 0 Å². The predicted octanol–water partition coefficient (Wildman–Crippen LogP) is 1.59. The normalized spacial score (nSPS) is 18.3. The lowest BCUT2D eigenvalue weighted by Crippen LogP contribution is -2.57. The lowest BCUT2D eigenvalue weighted by molar-refractivity contribution is -0.144. The van der Waals surface area contributed by atoms with Crippen LogP contribution in [0.25, 0.3) is 0 Å². The summed E-state index contributed by atoms with van der Waals surface area (Å²) >= 11 is 5.82. The molecule has 0 bridgehead atoms. The minimum atomic E-state index is -0.475. The van der Waals surface area contributed by atoms with Crippen LogP contribution in [0, 0.1) is 5.82 Å². The van der Waals surface area contributed by atoms with Gasteiger partial charge in [-0.1, -0.05) is 18.5 Å². The number of ether oxygens (including phenoxy) is 1. The van der Waals surface area contributed by atoms with Crippen molar-refractivity contribution in [1.29, 1.82) is 0 Å². The molecule has 0 spiro atoms. The van der Waals surface area contributed by atoms with Gasteiger partial charge in [0.25, 0.3) is 5.91 Å². The number of nitrogens with one attached hydrogen (secondary N) is 1. The summed E-state index contributed by atoms with van der Waals surface area (Å²) in [6.45, 7) is 2.48. The standard InChI is InChI=1S/C14H16ClFN2O3/c1-2-11-14(20)17-5-6-18(11)13(19)8-21-12-4-3-9(16)7-10(12)15/h3-4,7,11H,2,5-6,8H2,1H3,(H,17,20). The van der Waals surface area contributed by atoms with Gasteiger partial charge in [-0.2, -0.15) is 0 Å². The third-order valence-corrected chi connectivity index (χ3v) is 3.58. The van der Waals surface area contributed by atoms with Gasteiger partial charge in [-0.25, -0.2) is 4.39 Å². The van der Waals surface area contributed by atoms with Gasteiger partial charge in [0.1, 0.15) is 17.6 Å². The predicted molar refractivity (Wildman–Crippen MR) is 75.7 cm³/mol. The van der Waals surface area contributed by atoms with E-state index in [1.54, 1.807) is 0 Å². The van der Waals surface area contributed by atoms with E-state index in [9.17, 15) is 14.0 Å². The Bertz CT molecular complexity index is 553. The summed E-state index contributed by atoms with van der Waals surface area (Å²) in [6.07, 6.45) is 0.537. The lowest BCUT2D eigenvalue weighted by Gasteiger charge is -2.34. The van der Waals surface area contributed by atoms with E-state index < -0.39 is 11.9 Å². The van der Waals surface area contributed by atoms with Crippen molar-refractivity contribution < 1.29 is 18.7 Å². The largest absolute Gasteiger partial charge is 0.482 e. The fourth-order valence-corrected chi connectivity index (χ4v) is 2.46. The van der Waals surface area contributed by atoms with Crippen molar-refractivity contribution in [2.45, 2.75) is 19.4 Å². The number of carbonyl (C=O) groups is 2. The average Bonchev–Trinajstić information content (AvgIpc) is 2.45. The highest BCUT2D eigenvalue weighted by Crippen LogP contribution is 2.25. The second-order valence-corrected chi connectivity index (χ2v) is 5.07. The molecule has 0 saturated carbocycles. The number of piperazine rings is 1. The molecule has 1 saturated heterocycles. The fraction of sp³-hybridized carbons (Fsp3) is 0.429. The first-order valence-corrected chi connectivity index (χ1v) is 7.05. The summed E-state index contributed by atoms with van der Waals surface area (Å²) in [5.74, 6) is -0.688. The first-order chi connectivity index (χ1) is 10.0. The highest BCUT2D eigenvalue weighted by molar-refractivity contribution is 6.32. The summed E-state index contributed by atoms with van der Waals surface area (Å²) in [5.41, 5.74) is 0. The van der Waals surface area contributed by atoms with Crippen molar-refractivity contribution in [2.24, 2.45) is 0 Å². The maximum atomic E-state index is 12.9. The van der Waals surface area contributed by atoms with Gasteiger partial charge in [-0.3, -0.25) is 9.59 Å². The van der Waals surface area contributed by atoms with Crippen LogP contribution in [0.1, 0.15) is 13.3 Å². The zero-order chi connectivity index (χ0) is 15.4. The Hall–Kier alpha value is -1.82. The molecule has 1 aromatic rings. The molecule has 7 heteroatoms. The molecule has 5 nitrogen and oxygen atoms in total. The average molecular weight is 315 g/mol. The van der Waals surface area contributed by atoms with Crippen LogP contribution in [-0.2, 0) is 9.59 Å². The maximum Gasteiger partial charge on any atom is 0.261 e. The third-order valence-electron chi connectivity index (χ3n) is 3.28. The monoisotopic (exact) mass is 314 g/mol. The lowest BCUT2D eigenvalue weighted by atomic mass is 10.1. The highest BCUT2D eigenvalue weighted by atomic mass is 35.5. The molecular weight excluding hydrogens is 299 g/mol. The van der Waals surface area contributed by atoms with E-state index >= 15 is 0 Å². The molecule has 1 fully saturated rings. The number of nitrogens with zero attached hydrogens (tertiary/aromatic N) is 1. The number of benzene rings is 1. The molecule has 1 N–H and O–H groups in total. The Morgan fingerprint density at radius 3 is 3.00 bits per heavy atom. The molecule has 1 aromatic carbocycles. The number of halogens is 2. The molecule has 2 rings (SSSR count). The molecule has 0 aliphatic carbocycles. The van der Waals surface area contributed by atoms with Crippen LogP contribution in [0.3, 0.4) is 0 Å². The van der Waals surface area contributed by atoms with E-state index in [0.29, 0.717) is 19.5 Å². The first-order valence-electron chi connectivity index (χ1n) is 6.68. The van der Waals surface area contributed by atoms with Crippen LogP contribution in [0.2, 0.25) is 5.02 Å². The maximum absolute atomic E-state index is 12.9. The van der Waals surface area contributed by atoms with E-state index in [-0.39, 0.29) is 29.2 Å². The Kier molecular flexibility index (Phi) is 5.01. The van der Waals surface area contributed by atoms with Crippen molar-refractivity contribution in [3.8, 4) is 5.75 Å². The SMILES string of the molecule is CCC1C(=O)NCCN1C(=O)COc1ccc(F)cc1Cl. The van der Waals surface area contributed by atoms with Gasteiger partial charge >= 0.3 is 0 Å². The zero-order valence-electron chi connectivity index (χ0n) is 11.6. The first kappa shape index (κ1) is 15.6. The molecule has 1 unspecified atom stereocenters. The molecule has 0 radical (unpaired) electrons. The molecule has 1 heterocycles. The Labute approximate surface area is 127 Å². The van der Waals surface area contributed by atoms with Gasteiger partial charge in [0.2, 0.25) is 5.91 Å². The minimum Gasteiger partial charge on any atom is -0.482 e. The molecule has 0 aromatic heterocycles. The quantitative estimate of drug-likeness (QED) is 0.918. The highest BCUT2D eigenvalue weighted by Gasteiger charge is 2.31. The molecule has 1 aliphatic rings. The van der Waals surface area contributed by atoms with Crippen LogP contribution in [0.15, 0.2) is 18.2 Å². The summed E-state index contributed by atoms with van der Waals surface area (Å²) in [4.78, 5) is 25.4. The van der Waals surface area contributed by atoms with Crippen molar-refractivity contribution in [2.75, 3.05) is 19.7 Å². The summed E-state index contributed by atoms with van der Waals surface area (Å²) in [7, 11) is 0. The summed E-state index contributed by atoms with van der Waals surface area (Å²) in [5, 5.41) is 2.82. The zero-order valence-corrected chi connectivity index (χ0v) is 12.3. The fourth-order valence-electron chi connectivity index (χ4n) is 2.23. The van der Waals surface area contributed by atoms with Gasteiger partial charge in [0.05, 0.1) is 5.02 Å². The van der Waals surface area contributed by atoms with Gasteiger partial charge in [0, 0.05) is 13.1 Å². The smallest absolute Gasteiger partial charge is 0.261 e. The Balaban J connectivity index is 1.99. The van der Waals surface area contributed by atoms with E-state index in [1.165, 1.54) is 17.0 Å². The third kappa shape index (κ3) is 3.64. The van der Waals surface area contributed by atoms with Gasteiger partial charge in [-0.15, -0.1) is 0 Å². The van der Waals surface area contributed by atoms with Crippen LogP contribution < -0.4 is 10.1 Å². The number of carbonyl (C=O) groups excluding carboxylic acids is 2. The second-order valence-electron chi connectivity index (χ2n) is 4.67. The number of hydrogen-bond donors (Lipinski definition) is 1. The Morgan fingerprint density at radius 2 is 2.33 bits per heavy atom. The molecular formula is C14H16ClFN2O3. The molecule has 1 atom stereocenters. The van der Waals surface area contributed by atoms with Gasteiger partial charge in [-0.05, 0) is 24.6 Å². The number of hydrogen-bond acceptors (Lipinski definition) is 3. The summed E-state index contributed by atoms with van der Waals surface area (Å²) < 4.78 is 18.2. The number of rotatable bonds is 4. The van der Waals surface area contributed by atoms with Crippen LogP contribution in [-0.4, -0.2) is 42.5 Å². The minimum absolute atomic E-state index is 0.103. The van der Waals surface area contributed by atoms with E-state index in [2.05, 4.69) is 5.32 Å². The van der Waals surface area contributed by atoms with Crippen molar-refractivity contribution in [3.05, 3.63) is 29.0 Å². The summed E-state index contributed by atoms with van der Waals surface area (Å²) in [6, 6.07) is 3.21. The van der Waals surface area contributed by atoms with Gasteiger partial charge < -0.3 is 15.0 Å². The van der Waals surface area contributed by atoms with E-state index in [4.69, 9.17) is 16.3 Å². The van der Waals surface area contributed by atoms with Crippen molar-refractivity contribution >= 4 is 23.4 Å².